The average molecular weight is 634 g/mol. The van der Waals surface area contributed by atoms with E-state index < -0.39 is 35.1 Å². The van der Waals surface area contributed by atoms with Gasteiger partial charge in [0.2, 0.25) is 11.8 Å². The number of benzene rings is 2. The predicted octanol–water partition coefficient (Wildman–Crippen LogP) is 4.62. The molecule has 0 saturated carbocycles. The highest BCUT2D eigenvalue weighted by atomic mass is 35.5. The number of carbonyl (C=O) groups excluding carboxylic acids is 3. The minimum atomic E-state index is -1.45. The number of hydrogen-bond donors (Lipinski definition) is 1. The summed E-state index contributed by atoms with van der Waals surface area (Å²) in [6, 6.07) is 12.6. The fraction of sp³-hybridized carbons (Fsp3) is 0.457. The fourth-order valence-corrected chi connectivity index (χ4v) is 7.88. The Bertz CT molecular complexity index is 1540. The van der Waals surface area contributed by atoms with Crippen LogP contribution in [0.5, 0.6) is 5.75 Å². The molecule has 4 heterocycles. The molecule has 1 unspecified atom stereocenters. The first kappa shape index (κ1) is 31.3. The van der Waals surface area contributed by atoms with Gasteiger partial charge in [-0.2, -0.15) is 0 Å². The third kappa shape index (κ3) is 4.87. The van der Waals surface area contributed by atoms with E-state index in [1.807, 2.05) is 76.3 Å². The third-order valence-corrected chi connectivity index (χ3v) is 10.3. The van der Waals surface area contributed by atoms with Crippen molar-refractivity contribution in [3.8, 4) is 5.75 Å². The molecule has 0 radical (unpaired) electrons. The number of fused-ring (bicyclic) bond motifs is 2. The van der Waals surface area contributed by atoms with E-state index in [-0.39, 0.29) is 36.8 Å². The molecule has 2 aromatic carbocycles. The highest BCUT2D eigenvalue weighted by molar-refractivity contribution is 6.34. The zero-order chi connectivity index (χ0) is 32.1. The Balaban J connectivity index is 1.48. The Morgan fingerprint density at radius 1 is 0.956 bits per heavy atom. The summed E-state index contributed by atoms with van der Waals surface area (Å²) in [5.41, 5.74) is -1.44. The highest BCUT2D eigenvalue weighted by Crippen LogP contribution is 2.58. The van der Waals surface area contributed by atoms with Gasteiger partial charge >= 0.3 is 0 Å². The van der Waals surface area contributed by atoms with Crippen molar-refractivity contribution in [3.05, 3.63) is 77.9 Å². The largest absolute Gasteiger partial charge is 0.494 e. The first-order valence-corrected chi connectivity index (χ1v) is 16.1. The lowest BCUT2D eigenvalue weighted by Gasteiger charge is -2.41. The van der Waals surface area contributed by atoms with Gasteiger partial charge in [-0.25, -0.2) is 0 Å². The summed E-state index contributed by atoms with van der Waals surface area (Å²) >= 11 is 6.58. The maximum Gasteiger partial charge on any atom is 0.253 e. The van der Waals surface area contributed by atoms with Crippen LogP contribution in [-0.4, -0.2) is 77.3 Å². The van der Waals surface area contributed by atoms with Gasteiger partial charge in [-0.05, 0) is 56.2 Å². The van der Waals surface area contributed by atoms with E-state index in [0.29, 0.717) is 41.7 Å². The first-order chi connectivity index (χ1) is 21.6. The molecule has 2 aromatic rings. The number of aliphatic hydroxyl groups is 1. The molecule has 7 atom stereocenters. The SMILES string of the molecule is CCOc1ccc(N2CC=C[C@@]3(C)O[C@]45C=CCN(c6ccccc6Cl)C(=O)C4N([C@@H](CO)[C@@H](C)CC)C(=O)[C@@H]5[C@H]3C2=O)cc1. The summed E-state index contributed by atoms with van der Waals surface area (Å²) in [5.74, 6) is -2.37. The number of anilines is 2. The average Bonchev–Trinajstić information content (AvgIpc) is 3.30. The van der Waals surface area contributed by atoms with Crippen LogP contribution in [-0.2, 0) is 19.1 Å². The zero-order valence-corrected chi connectivity index (χ0v) is 26.8. The van der Waals surface area contributed by atoms with Crippen molar-refractivity contribution < 1.29 is 29.0 Å². The second-order valence-electron chi connectivity index (χ2n) is 12.5. The van der Waals surface area contributed by atoms with E-state index in [9.17, 15) is 19.5 Å². The van der Waals surface area contributed by atoms with Crippen LogP contribution in [0.2, 0.25) is 5.02 Å². The van der Waals surface area contributed by atoms with Crippen LogP contribution in [0.1, 0.15) is 34.1 Å². The Hall–Kier alpha value is -3.66. The lowest BCUT2D eigenvalue weighted by molar-refractivity contribution is -0.149. The van der Waals surface area contributed by atoms with E-state index >= 15 is 0 Å². The summed E-state index contributed by atoms with van der Waals surface area (Å²) in [4.78, 5) is 49.0. The number of halogens is 1. The van der Waals surface area contributed by atoms with E-state index in [1.54, 1.807) is 34.1 Å². The van der Waals surface area contributed by atoms with Crippen molar-refractivity contribution in [1.29, 1.82) is 0 Å². The summed E-state index contributed by atoms with van der Waals surface area (Å²) in [5, 5.41) is 11.1. The van der Waals surface area contributed by atoms with Gasteiger partial charge in [-0.1, -0.05) is 68.3 Å². The molecule has 0 aromatic heterocycles. The second kappa shape index (κ2) is 11.9. The number of hydrogen-bond acceptors (Lipinski definition) is 6. The lowest BCUT2D eigenvalue weighted by Crippen LogP contribution is -2.60. The van der Waals surface area contributed by atoms with Crippen LogP contribution in [0.4, 0.5) is 11.4 Å². The quantitative estimate of drug-likeness (QED) is 0.426. The number of nitrogens with zero attached hydrogens (tertiary/aromatic N) is 3. The smallest absolute Gasteiger partial charge is 0.253 e. The summed E-state index contributed by atoms with van der Waals surface area (Å²) in [7, 11) is 0. The highest BCUT2D eigenvalue weighted by Gasteiger charge is 2.75. The lowest BCUT2D eigenvalue weighted by atomic mass is 9.74. The first-order valence-electron chi connectivity index (χ1n) is 15.7. The molecular formula is C35H40ClN3O6. The number of amides is 3. The van der Waals surface area contributed by atoms with Gasteiger partial charge in [0.05, 0.1) is 47.4 Å². The number of ether oxygens (including phenoxy) is 2. The molecule has 4 aliphatic heterocycles. The normalized spacial score (nSPS) is 30.5. The second-order valence-corrected chi connectivity index (χ2v) is 12.9. The number of para-hydroxylation sites is 1. The molecule has 4 aliphatic rings. The van der Waals surface area contributed by atoms with Crippen molar-refractivity contribution in [2.24, 2.45) is 17.8 Å². The Morgan fingerprint density at radius 3 is 2.31 bits per heavy atom. The standard InChI is InChI=1S/C35H40ClN3O6/c1-5-22(3)27(21-40)39-30-33(43)38(26-12-8-7-11-25(26)36)20-10-18-35(30)29(32(39)42)28-31(41)37(19-9-17-34(28,4)45-35)23-13-15-24(16-14-23)44-6-2/h7-18,22,27-30,40H,5-6,19-21H2,1-4H3/t22-,27-,28-,29-,30?,34+,35-/m0/s1. The molecule has 1 spiro atoms. The van der Waals surface area contributed by atoms with Gasteiger partial charge in [0.25, 0.3) is 5.91 Å². The fourth-order valence-electron chi connectivity index (χ4n) is 7.64. The molecule has 10 heteroatoms. The van der Waals surface area contributed by atoms with Crippen LogP contribution in [0.15, 0.2) is 72.8 Å². The van der Waals surface area contributed by atoms with Crippen molar-refractivity contribution in [3.63, 3.8) is 0 Å². The van der Waals surface area contributed by atoms with Crippen LogP contribution >= 0.6 is 11.6 Å². The van der Waals surface area contributed by atoms with E-state index in [1.165, 1.54) is 4.90 Å². The van der Waals surface area contributed by atoms with Crippen LogP contribution in [0.25, 0.3) is 0 Å². The van der Waals surface area contributed by atoms with E-state index in [4.69, 9.17) is 21.1 Å². The van der Waals surface area contributed by atoms with Gasteiger partial charge in [-0.3, -0.25) is 14.4 Å². The number of rotatable bonds is 8. The Kier molecular flexibility index (Phi) is 8.31. The Morgan fingerprint density at radius 2 is 1.64 bits per heavy atom. The zero-order valence-electron chi connectivity index (χ0n) is 26.1. The summed E-state index contributed by atoms with van der Waals surface area (Å²) in [6.07, 6.45) is 8.06. The van der Waals surface area contributed by atoms with Crippen molar-refractivity contribution in [2.45, 2.75) is 57.4 Å². The van der Waals surface area contributed by atoms with Gasteiger partial charge < -0.3 is 29.3 Å². The molecule has 9 nitrogen and oxygen atoms in total. The predicted molar refractivity (Wildman–Crippen MR) is 172 cm³/mol. The number of aliphatic hydroxyl groups excluding tert-OH is 1. The molecule has 45 heavy (non-hydrogen) atoms. The molecular weight excluding hydrogens is 594 g/mol. The van der Waals surface area contributed by atoms with Gasteiger partial charge in [0.1, 0.15) is 17.4 Å². The minimum Gasteiger partial charge on any atom is -0.494 e. The summed E-state index contributed by atoms with van der Waals surface area (Å²) in [6.45, 7) is 8.36. The Labute approximate surface area is 269 Å². The molecule has 238 valence electrons. The van der Waals surface area contributed by atoms with Gasteiger partial charge in [0.15, 0.2) is 0 Å². The van der Waals surface area contributed by atoms with E-state index in [0.717, 1.165) is 0 Å². The van der Waals surface area contributed by atoms with Gasteiger partial charge in [-0.15, -0.1) is 0 Å². The monoisotopic (exact) mass is 633 g/mol. The number of likely N-dealkylation sites (tertiary alicyclic amines) is 1. The summed E-state index contributed by atoms with van der Waals surface area (Å²) < 4.78 is 12.6. The van der Waals surface area contributed by atoms with Gasteiger partial charge in [0, 0.05) is 18.8 Å². The maximum absolute atomic E-state index is 14.8. The van der Waals surface area contributed by atoms with Crippen molar-refractivity contribution in [1.82, 2.24) is 4.90 Å². The van der Waals surface area contributed by atoms with Crippen LogP contribution < -0.4 is 14.5 Å². The third-order valence-electron chi connectivity index (χ3n) is 9.94. The minimum absolute atomic E-state index is 0.125. The van der Waals surface area contributed by atoms with Crippen molar-refractivity contribution in [2.75, 3.05) is 36.1 Å². The van der Waals surface area contributed by atoms with Crippen LogP contribution in [0.3, 0.4) is 0 Å². The molecule has 0 bridgehead atoms. The van der Waals surface area contributed by atoms with E-state index in [2.05, 4.69) is 0 Å². The molecule has 3 amide bonds. The number of carbonyl (C=O) groups is 3. The maximum atomic E-state index is 14.8. The molecule has 2 fully saturated rings. The molecule has 0 aliphatic carbocycles. The van der Waals surface area contributed by atoms with Crippen LogP contribution in [0, 0.1) is 17.8 Å². The topological polar surface area (TPSA) is 99.6 Å². The molecule has 6 rings (SSSR count). The molecule has 2 saturated heterocycles. The van der Waals surface area contributed by atoms with Crippen molar-refractivity contribution >= 4 is 40.7 Å². The molecule has 1 N–H and O–H groups in total.